The molecular weight excluding hydrogens is 230 g/mol. The van der Waals surface area contributed by atoms with Crippen LogP contribution < -0.4 is 0 Å². The number of aromatic nitrogens is 2. The topological polar surface area (TPSA) is 66.3 Å². The number of aliphatic carboxylic acids is 1. The lowest BCUT2D eigenvalue weighted by Gasteiger charge is -2.12. The SMILES string of the molecule is Cc1nc(CCN(C)C)nc(C)c1CCC(=O)O. The van der Waals surface area contributed by atoms with E-state index >= 15 is 0 Å². The predicted molar refractivity (Wildman–Crippen MR) is 69.7 cm³/mol. The lowest BCUT2D eigenvalue weighted by Crippen LogP contribution is -2.17. The molecule has 0 fully saturated rings. The van der Waals surface area contributed by atoms with E-state index in [4.69, 9.17) is 5.11 Å². The summed E-state index contributed by atoms with van der Waals surface area (Å²) in [6.07, 6.45) is 1.44. The van der Waals surface area contributed by atoms with Gasteiger partial charge in [0.15, 0.2) is 0 Å². The van der Waals surface area contributed by atoms with Crippen molar-refractivity contribution in [2.24, 2.45) is 0 Å². The van der Waals surface area contributed by atoms with Crippen LogP contribution in [0.5, 0.6) is 0 Å². The van der Waals surface area contributed by atoms with Gasteiger partial charge in [-0.05, 0) is 39.9 Å². The number of carbonyl (C=O) groups is 1. The molecule has 0 bridgehead atoms. The van der Waals surface area contributed by atoms with Gasteiger partial charge in [-0.15, -0.1) is 0 Å². The fourth-order valence-corrected chi connectivity index (χ4v) is 1.84. The molecule has 100 valence electrons. The highest BCUT2D eigenvalue weighted by molar-refractivity contribution is 5.67. The van der Waals surface area contributed by atoms with Crippen LogP contribution in [0.3, 0.4) is 0 Å². The Kier molecular flexibility index (Phi) is 5.22. The van der Waals surface area contributed by atoms with E-state index in [2.05, 4.69) is 14.9 Å². The van der Waals surface area contributed by atoms with Crippen LogP contribution in [0, 0.1) is 13.8 Å². The Morgan fingerprint density at radius 2 is 1.72 bits per heavy atom. The molecule has 18 heavy (non-hydrogen) atoms. The molecule has 0 unspecified atom stereocenters. The number of carboxylic acids is 1. The van der Waals surface area contributed by atoms with Crippen LogP contribution in [0.15, 0.2) is 0 Å². The van der Waals surface area contributed by atoms with Crippen molar-refractivity contribution in [3.05, 3.63) is 22.8 Å². The summed E-state index contributed by atoms with van der Waals surface area (Å²) in [7, 11) is 4.03. The van der Waals surface area contributed by atoms with E-state index in [-0.39, 0.29) is 6.42 Å². The first kappa shape index (κ1) is 14.6. The van der Waals surface area contributed by atoms with Crippen LogP contribution >= 0.6 is 0 Å². The largest absolute Gasteiger partial charge is 0.481 e. The van der Waals surface area contributed by atoms with Gasteiger partial charge in [0.1, 0.15) is 5.82 Å². The number of hydrogen-bond donors (Lipinski definition) is 1. The average molecular weight is 251 g/mol. The third-order valence-electron chi connectivity index (χ3n) is 2.84. The van der Waals surface area contributed by atoms with Crippen molar-refractivity contribution >= 4 is 5.97 Å². The normalized spacial score (nSPS) is 10.9. The maximum atomic E-state index is 10.6. The summed E-state index contributed by atoms with van der Waals surface area (Å²) in [5.41, 5.74) is 2.76. The van der Waals surface area contributed by atoms with Crippen molar-refractivity contribution in [1.82, 2.24) is 14.9 Å². The van der Waals surface area contributed by atoms with Gasteiger partial charge in [-0.25, -0.2) is 9.97 Å². The molecule has 1 aromatic rings. The standard InChI is InChI=1S/C13H21N3O2/c1-9-11(5-6-13(17)18)10(2)15-12(14-9)7-8-16(3)4/h5-8H2,1-4H3,(H,17,18). The second kappa shape index (κ2) is 6.44. The first-order valence-corrected chi connectivity index (χ1v) is 6.09. The molecule has 5 heteroatoms. The molecule has 0 amide bonds. The minimum atomic E-state index is -0.787. The van der Waals surface area contributed by atoms with Crippen LogP contribution in [-0.2, 0) is 17.6 Å². The number of hydrogen-bond acceptors (Lipinski definition) is 4. The number of rotatable bonds is 6. The van der Waals surface area contributed by atoms with Crippen molar-refractivity contribution in [2.45, 2.75) is 33.1 Å². The Bertz CT molecular complexity index is 407. The Labute approximate surface area is 108 Å². The smallest absolute Gasteiger partial charge is 0.303 e. The monoisotopic (exact) mass is 251 g/mol. The minimum absolute atomic E-state index is 0.127. The van der Waals surface area contributed by atoms with E-state index in [0.29, 0.717) is 6.42 Å². The molecule has 5 nitrogen and oxygen atoms in total. The average Bonchev–Trinajstić information content (AvgIpc) is 2.24. The van der Waals surface area contributed by atoms with Gasteiger partial charge in [-0.3, -0.25) is 4.79 Å². The Balaban J connectivity index is 2.80. The summed E-state index contributed by atoms with van der Waals surface area (Å²) in [4.78, 5) is 21.6. The van der Waals surface area contributed by atoms with Crippen LogP contribution in [0.2, 0.25) is 0 Å². The fourth-order valence-electron chi connectivity index (χ4n) is 1.84. The van der Waals surface area contributed by atoms with Gasteiger partial charge in [0.2, 0.25) is 0 Å². The molecule has 0 aliphatic rings. The molecule has 0 aromatic carbocycles. The van der Waals surface area contributed by atoms with Crippen molar-refractivity contribution in [3.8, 4) is 0 Å². The highest BCUT2D eigenvalue weighted by atomic mass is 16.4. The Hall–Kier alpha value is -1.49. The van der Waals surface area contributed by atoms with Crippen molar-refractivity contribution < 1.29 is 9.90 Å². The van der Waals surface area contributed by atoms with E-state index < -0.39 is 5.97 Å². The molecule has 0 aliphatic carbocycles. The van der Waals surface area contributed by atoms with E-state index in [1.807, 2.05) is 27.9 Å². The van der Waals surface area contributed by atoms with E-state index in [0.717, 1.165) is 35.7 Å². The third kappa shape index (κ3) is 4.41. The summed E-state index contributed by atoms with van der Waals surface area (Å²) in [5.74, 6) is 0.0447. The van der Waals surface area contributed by atoms with Crippen molar-refractivity contribution in [2.75, 3.05) is 20.6 Å². The maximum absolute atomic E-state index is 10.6. The molecule has 0 saturated heterocycles. The van der Waals surface area contributed by atoms with Crippen LogP contribution in [-0.4, -0.2) is 46.6 Å². The second-order valence-corrected chi connectivity index (χ2v) is 4.74. The van der Waals surface area contributed by atoms with Gasteiger partial charge in [-0.2, -0.15) is 0 Å². The number of likely N-dealkylation sites (N-methyl/N-ethyl adjacent to an activating group) is 1. The van der Waals surface area contributed by atoms with Gasteiger partial charge in [0.25, 0.3) is 0 Å². The molecule has 1 heterocycles. The summed E-state index contributed by atoms with van der Waals surface area (Å²) in [6.45, 7) is 4.75. The summed E-state index contributed by atoms with van der Waals surface area (Å²) in [5, 5.41) is 8.71. The Morgan fingerprint density at radius 3 is 2.17 bits per heavy atom. The zero-order valence-electron chi connectivity index (χ0n) is 11.5. The van der Waals surface area contributed by atoms with Crippen LogP contribution in [0.4, 0.5) is 0 Å². The van der Waals surface area contributed by atoms with Gasteiger partial charge in [-0.1, -0.05) is 0 Å². The van der Waals surface area contributed by atoms with Gasteiger partial charge in [0, 0.05) is 30.8 Å². The highest BCUT2D eigenvalue weighted by Gasteiger charge is 2.10. The fraction of sp³-hybridized carbons (Fsp3) is 0.615. The maximum Gasteiger partial charge on any atom is 0.303 e. The van der Waals surface area contributed by atoms with Gasteiger partial charge in [0.05, 0.1) is 0 Å². The Morgan fingerprint density at radius 1 is 1.17 bits per heavy atom. The lowest BCUT2D eigenvalue weighted by molar-refractivity contribution is -0.136. The van der Waals surface area contributed by atoms with E-state index in [9.17, 15) is 4.79 Å². The highest BCUT2D eigenvalue weighted by Crippen LogP contribution is 2.13. The minimum Gasteiger partial charge on any atom is -0.481 e. The summed E-state index contributed by atoms with van der Waals surface area (Å²) in [6, 6.07) is 0. The van der Waals surface area contributed by atoms with Crippen LogP contribution in [0.25, 0.3) is 0 Å². The molecule has 1 rings (SSSR count). The lowest BCUT2D eigenvalue weighted by atomic mass is 10.1. The zero-order valence-corrected chi connectivity index (χ0v) is 11.5. The quantitative estimate of drug-likeness (QED) is 0.823. The van der Waals surface area contributed by atoms with E-state index in [1.54, 1.807) is 0 Å². The molecule has 0 spiro atoms. The second-order valence-electron chi connectivity index (χ2n) is 4.74. The molecule has 1 aromatic heterocycles. The third-order valence-corrected chi connectivity index (χ3v) is 2.84. The summed E-state index contributed by atoms with van der Waals surface area (Å²) >= 11 is 0. The number of nitrogens with zero attached hydrogens (tertiary/aromatic N) is 3. The molecule has 1 N–H and O–H groups in total. The van der Waals surface area contributed by atoms with E-state index in [1.165, 1.54) is 0 Å². The molecule has 0 saturated carbocycles. The zero-order chi connectivity index (χ0) is 13.7. The number of aryl methyl sites for hydroxylation is 2. The molecular formula is C13H21N3O2. The van der Waals surface area contributed by atoms with Crippen molar-refractivity contribution in [3.63, 3.8) is 0 Å². The molecule has 0 radical (unpaired) electrons. The first-order valence-electron chi connectivity index (χ1n) is 6.09. The molecule has 0 aliphatic heterocycles. The van der Waals surface area contributed by atoms with Crippen molar-refractivity contribution in [1.29, 1.82) is 0 Å². The predicted octanol–water partition coefficient (Wildman–Crippen LogP) is 1.21. The van der Waals surface area contributed by atoms with Gasteiger partial charge >= 0.3 is 5.97 Å². The first-order chi connectivity index (χ1) is 8.40. The van der Waals surface area contributed by atoms with Crippen LogP contribution in [0.1, 0.15) is 29.2 Å². The van der Waals surface area contributed by atoms with Gasteiger partial charge < -0.3 is 10.0 Å². The summed E-state index contributed by atoms with van der Waals surface area (Å²) < 4.78 is 0. The molecule has 0 atom stereocenters. The number of carboxylic acid groups (broad SMARTS) is 1.